The normalized spacial score (nSPS) is 19.8. The van der Waals surface area contributed by atoms with Gasteiger partial charge in [-0.2, -0.15) is 0 Å². The number of aromatic carboxylic acids is 1. The van der Waals surface area contributed by atoms with Crippen LogP contribution in [0.5, 0.6) is 11.5 Å². The number of benzene rings is 2. The highest BCUT2D eigenvalue weighted by molar-refractivity contribution is 5.97. The number of nitrogens with one attached hydrogen (secondary N) is 1. The van der Waals surface area contributed by atoms with E-state index in [1.54, 1.807) is 16.4 Å². The molecule has 1 unspecified atom stereocenters. The number of rotatable bonds is 7. The first-order valence-corrected chi connectivity index (χ1v) is 13.2. The van der Waals surface area contributed by atoms with Gasteiger partial charge in [-0.3, -0.25) is 14.5 Å². The molecule has 2 saturated heterocycles. The van der Waals surface area contributed by atoms with Gasteiger partial charge in [-0.25, -0.2) is 18.4 Å². The van der Waals surface area contributed by atoms with Gasteiger partial charge >= 0.3 is 12.1 Å². The fraction of sp³-hybridized carbons (Fsp3) is 0.357. The number of carbonyl (C=O) groups excluding carboxylic acids is 2. The van der Waals surface area contributed by atoms with Crippen LogP contribution in [0.2, 0.25) is 0 Å². The molecule has 0 aliphatic carbocycles. The highest BCUT2D eigenvalue weighted by atomic mass is 19.1. The molecule has 1 aromatic heterocycles. The summed E-state index contributed by atoms with van der Waals surface area (Å²) in [6.45, 7) is 3.96. The minimum atomic E-state index is -1.40. The summed E-state index contributed by atoms with van der Waals surface area (Å²) in [5, 5.41) is 11.9. The van der Waals surface area contributed by atoms with Crippen molar-refractivity contribution in [2.45, 2.75) is 32.1 Å². The predicted molar refractivity (Wildman–Crippen MR) is 145 cm³/mol. The molecule has 2 aromatic carbocycles. The van der Waals surface area contributed by atoms with Crippen molar-refractivity contribution in [1.29, 1.82) is 0 Å². The summed E-state index contributed by atoms with van der Waals surface area (Å²) in [5.74, 6) is -3.02. The van der Waals surface area contributed by atoms with Crippen molar-refractivity contribution in [2.24, 2.45) is 0 Å². The Balaban J connectivity index is 1.18. The van der Waals surface area contributed by atoms with Crippen LogP contribution in [0.15, 0.2) is 35.3 Å². The number of anilines is 2. The molecule has 0 bridgehead atoms. The zero-order valence-electron chi connectivity index (χ0n) is 22.6. The van der Waals surface area contributed by atoms with Gasteiger partial charge in [0.05, 0.1) is 48.8 Å². The molecule has 2 fully saturated rings. The minimum absolute atomic E-state index is 0.0498. The molecule has 4 heterocycles. The average molecular weight is 585 g/mol. The smallest absolute Gasteiger partial charge is 0.414 e. The van der Waals surface area contributed by atoms with E-state index in [2.05, 4.69) is 5.32 Å². The number of hydrogen-bond donors (Lipinski definition) is 2. The molecule has 0 spiro atoms. The largest absolute Gasteiger partial charge is 0.487 e. The maximum absolute atomic E-state index is 15.4. The van der Waals surface area contributed by atoms with Gasteiger partial charge in [0, 0.05) is 19.2 Å². The van der Waals surface area contributed by atoms with Gasteiger partial charge in [-0.05, 0) is 25.1 Å². The molecule has 0 radical (unpaired) electrons. The van der Waals surface area contributed by atoms with E-state index in [4.69, 9.17) is 14.2 Å². The van der Waals surface area contributed by atoms with Crippen LogP contribution in [0, 0.1) is 11.6 Å². The van der Waals surface area contributed by atoms with Gasteiger partial charge < -0.3 is 34.1 Å². The lowest BCUT2D eigenvalue weighted by molar-refractivity contribution is -0.119. The molecule has 12 nitrogen and oxygen atoms in total. The number of aromatic nitrogens is 1. The van der Waals surface area contributed by atoms with Gasteiger partial charge in [0.2, 0.25) is 11.3 Å². The highest BCUT2D eigenvalue weighted by Crippen LogP contribution is 2.43. The third kappa shape index (κ3) is 4.62. The van der Waals surface area contributed by atoms with Crippen molar-refractivity contribution < 1.29 is 42.5 Å². The van der Waals surface area contributed by atoms with E-state index in [0.29, 0.717) is 5.52 Å². The maximum atomic E-state index is 15.4. The van der Waals surface area contributed by atoms with Crippen LogP contribution < -0.4 is 30.0 Å². The Morgan fingerprint density at radius 3 is 2.60 bits per heavy atom. The Morgan fingerprint density at radius 1 is 1.14 bits per heavy atom. The van der Waals surface area contributed by atoms with Crippen molar-refractivity contribution in [3.8, 4) is 11.5 Å². The number of hydrogen-bond acceptors (Lipinski definition) is 8. The standard InChI is InChI=1S/C28H26F2N4O8/c1-13-12-40-26-23-18(25(36)19(27(37)38)11-33(13)23)6-21(30)24(26)32-8-17(9-32)41-22-4-3-15(5-20(22)29)34-10-16(42-28(34)39)7-31-14(2)35/h3-6,11,13,16-17H,7-10,12H2,1-2H3,(H,31,35)(H,37,38)/t13?,16-/m0/s1. The van der Waals surface area contributed by atoms with Crippen LogP contribution in [0.3, 0.4) is 0 Å². The number of pyridine rings is 1. The SMILES string of the molecule is CC(=O)NC[C@H]1CN(c2ccc(OC3CN(c4c(F)cc5c(=O)c(C(=O)O)cn6c5c4OCC6C)C3)c(F)c2)C(=O)O1. The van der Waals surface area contributed by atoms with E-state index in [0.717, 1.165) is 12.1 Å². The van der Waals surface area contributed by atoms with Gasteiger partial charge in [-0.1, -0.05) is 0 Å². The lowest BCUT2D eigenvalue weighted by atomic mass is 10.0. The Kier molecular flexibility index (Phi) is 6.62. The molecule has 3 aliphatic rings. The second-order valence-corrected chi connectivity index (χ2v) is 10.5. The number of ether oxygens (including phenoxy) is 3. The topological polar surface area (TPSA) is 140 Å². The number of nitrogens with zero attached hydrogens (tertiary/aromatic N) is 3. The first kappa shape index (κ1) is 27.3. The highest BCUT2D eigenvalue weighted by Gasteiger charge is 2.37. The van der Waals surface area contributed by atoms with Crippen LogP contribution in [0.1, 0.15) is 30.2 Å². The average Bonchev–Trinajstić information content (AvgIpc) is 3.29. The summed E-state index contributed by atoms with van der Waals surface area (Å²) in [5.41, 5.74) is -0.557. The van der Waals surface area contributed by atoms with Gasteiger partial charge in [0.15, 0.2) is 23.1 Å². The molecule has 42 heavy (non-hydrogen) atoms. The molecule has 2 atom stereocenters. The number of halogens is 2. The quantitative estimate of drug-likeness (QED) is 0.429. The molecular weight excluding hydrogens is 558 g/mol. The van der Waals surface area contributed by atoms with Crippen molar-refractivity contribution in [1.82, 2.24) is 9.88 Å². The molecule has 2 N–H and O–H groups in total. The van der Waals surface area contributed by atoms with E-state index in [1.807, 2.05) is 0 Å². The monoisotopic (exact) mass is 584 g/mol. The van der Waals surface area contributed by atoms with E-state index in [-0.39, 0.29) is 73.0 Å². The zero-order valence-corrected chi connectivity index (χ0v) is 22.6. The van der Waals surface area contributed by atoms with E-state index in [1.165, 1.54) is 30.2 Å². The summed E-state index contributed by atoms with van der Waals surface area (Å²) in [4.78, 5) is 50.7. The van der Waals surface area contributed by atoms with Crippen molar-refractivity contribution in [2.75, 3.05) is 42.6 Å². The zero-order chi connectivity index (χ0) is 29.9. The van der Waals surface area contributed by atoms with Crippen molar-refractivity contribution >= 4 is 40.2 Å². The summed E-state index contributed by atoms with van der Waals surface area (Å²) < 4.78 is 48.8. The molecule has 220 valence electrons. The summed E-state index contributed by atoms with van der Waals surface area (Å²) in [6, 6.07) is 4.80. The van der Waals surface area contributed by atoms with Crippen molar-refractivity contribution in [3.63, 3.8) is 0 Å². The number of carboxylic acids is 1. The van der Waals surface area contributed by atoms with Gasteiger partial charge in [-0.15, -0.1) is 0 Å². The molecule has 2 amide bonds. The number of carboxylic acid groups (broad SMARTS) is 1. The number of amides is 2. The Hall–Kier alpha value is -4.88. The second-order valence-electron chi connectivity index (χ2n) is 10.5. The second kappa shape index (κ2) is 10.2. The van der Waals surface area contributed by atoms with Crippen LogP contribution in [-0.2, 0) is 9.53 Å². The molecule has 3 aromatic rings. The van der Waals surface area contributed by atoms with Crippen LogP contribution >= 0.6 is 0 Å². The van der Waals surface area contributed by atoms with E-state index >= 15 is 4.39 Å². The lowest BCUT2D eigenvalue weighted by Gasteiger charge is -2.42. The molecule has 14 heteroatoms. The molecule has 3 aliphatic heterocycles. The Labute approximate surface area is 237 Å². The summed E-state index contributed by atoms with van der Waals surface area (Å²) in [7, 11) is 0. The first-order valence-electron chi connectivity index (χ1n) is 13.2. The maximum Gasteiger partial charge on any atom is 0.414 e. The fourth-order valence-corrected chi connectivity index (χ4v) is 5.38. The van der Waals surface area contributed by atoms with Crippen LogP contribution in [0.4, 0.5) is 25.0 Å². The molecule has 0 saturated carbocycles. The Bertz CT molecular complexity index is 1700. The number of cyclic esters (lactones) is 1. The van der Waals surface area contributed by atoms with E-state index in [9.17, 15) is 28.7 Å². The molecule has 6 rings (SSSR count). The van der Waals surface area contributed by atoms with E-state index < -0.39 is 46.9 Å². The molecular formula is C28H26F2N4O8. The third-order valence-electron chi connectivity index (χ3n) is 7.51. The first-order chi connectivity index (χ1) is 20.0. The minimum Gasteiger partial charge on any atom is -0.487 e. The predicted octanol–water partition coefficient (Wildman–Crippen LogP) is 2.66. The van der Waals surface area contributed by atoms with Gasteiger partial charge in [0.1, 0.15) is 30.1 Å². The summed E-state index contributed by atoms with van der Waals surface area (Å²) in [6.07, 6.45) is -0.463. The van der Waals surface area contributed by atoms with Crippen LogP contribution in [-0.4, -0.2) is 72.6 Å². The number of carbonyl (C=O) groups is 3. The fourth-order valence-electron chi connectivity index (χ4n) is 5.38. The van der Waals surface area contributed by atoms with Crippen molar-refractivity contribution in [3.05, 3.63) is 57.9 Å². The lowest BCUT2D eigenvalue weighted by Crippen LogP contribution is -2.54. The Morgan fingerprint density at radius 2 is 1.90 bits per heavy atom. The summed E-state index contributed by atoms with van der Waals surface area (Å²) >= 11 is 0. The third-order valence-corrected chi connectivity index (χ3v) is 7.51. The van der Waals surface area contributed by atoms with Gasteiger partial charge in [0.25, 0.3) is 0 Å². The van der Waals surface area contributed by atoms with Crippen LogP contribution in [0.25, 0.3) is 10.9 Å².